The predicted molar refractivity (Wildman–Crippen MR) is 63.6 cm³/mol. The number of Topliss-reactive ketones (excluding diaryl/α,β-unsaturated/α-hetero) is 1. The van der Waals surface area contributed by atoms with Gasteiger partial charge in [0.1, 0.15) is 0 Å². The second-order valence-corrected chi connectivity index (χ2v) is 4.84. The average molecular weight is 249 g/mol. The first-order chi connectivity index (χ1) is 8.53. The van der Waals surface area contributed by atoms with Crippen LogP contribution in [-0.4, -0.2) is 23.6 Å². The van der Waals surface area contributed by atoms with Crippen molar-refractivity contribution in [1.29, 1.82) is 0 Å². The molecule has 0 aromatic carbocycles. The summed E-state index contributed by atoms with van der Waals surface area (Å²) in [6.45, 7) is 5.03. The molecule has 1 aromatic heterocycles. The summed E-state index contributed by atoms with van der Waals surface area (Å²) in [6, 6.07) is 1.75. The summed E-state index contributed by atoms with van der Waals surface area (Å²) in [7, 11) is 0. The number of hydrogen-bond donors (Lipinski definition) is 0. The van der Waals surface area contributed by atoms with Gasteiger partial charge in [-0.3, -0.25) is 9.59 Å². The molecule has 2 aliphatic rings. The largest absolute Gasteiger partial charge is 0.344 e. The fourth-order valence-electron chi connectivity index (χ4n) is 2.69. The summed E-state index contributed by atoms with van der Waals surface area (Å²) in [5, 5.41) is 0. The van der Waals surface area contributed by atoms with Gasteiger partial charge in [-0.25, -0.2) is 0 Å². The van der Waals surface area contributed by atoms with E-state index in [0.717, 1.165) is 0 Å². The smallest absolute Gasteiger partial charge is 0.254 e. The Balaban J connectivity index is 2.23. The number of ether oxygens (including phenoxy) is 2. The third kappa shape index (κ3) is 1.47. The summed E-state index contributed by atoms with van der Waals surface area (Å²) in [5.74, 6) is -0.892. The highest BCUT2D eigenvalue weighted by Gasteiger charge is 2.37. The van der Waals surface area contributed by atoms with Gasteiger partial charge in [0, 0.05) is 24.1 Å². The number of pyridine rings is 1. The Morgan fingerprint density at radius 1 is 1.28 bits per heavy atom. The van der Waals surface area contributed by atoms with Crippen LogP contribution in [0.1, 0.15) is 35.0 Å². The zero-order chi connectivity index (χ0) is 12.9. The summed E-state index contributed by atoms with van der Waals surface area (Å²) in [4.78, 5) is 24.0. The van der Waals surface area contributed by atoms with Crippen LogP contribution in [0.2, 0.25) is 0 Å². The quantitative estimate of drug-likeness (QED) is 0.744. The van der Waals surface area contributed by atoms with E-state index in [0.29, 0.717) is 43.0 Å². The van der Waals surface area contributed by atoms with Gasteiger partial charge in [0.15, 0.2) is 11.6 Å². The molecular weight excluding hydrogens is 234 g/mol. The van der Waals surface area contributed by atoms with E-state index in [1.165, 1.54) is 0 Å². The van der Waals surface area contributed by atoms with E-state index in [-0.39, 0.29) is 11.3 Å². The zero-order valence-electron chi connectivity index (χ0n) is 10.5. The van der Waals surface area contributed by atoms with Crippen LogP contribution in [0, 0.1) is 6.92 Å². The highest BCUT2D eigenvalue weighted by molar-refractivity contribution is 5.96. The molecule has 0 atom stereocenters. The molecule has 2 aliphatic heterocycles. The van der Waals surface area contributed by atoms with Crippen LogP contribution in [0.5, 0.6) is 0 Å². The summed E-state index contributed by atoms with van der Waals surface area (Å²) < 4.78 is 12.7. The van der Waals surface area contributed by atoms with Crippen LogP contribution in [0.15, 0.2) is 10.9 Å². The molecule has 1 fully saturated rings. The number of aromatic nitrogens is 1. The van der Waals surface area contributed by atoms with Gasteiger partial charge >= 0.3 is 0 Å². The SMILES string of the molecule is Cc1c(C2(C)OCCO2)cc2n(c1=O)CCC2=O. The fourth-order valence-corrected chi connectivity index (χ4v) is 2.69. The molecule has 1 saturated heterocycles. The highest BCUT2D eigenvalue weighted by Crippen LogP contribution is 2.33. The monoisotopic (exact) mass is 249 g/mol. The second-order valence-electron chi connectivity index (χ2n) is 4.84. The standard InChI is InChI=1S/C13H15NO4/c1-8-9(13(2)17-5-6-18-13)7-10-11(15)3-4-14(10)12(8)16/h7H,3-6H2,1-2H3. The number of carbonyl (C=O) groups is 1. The molecular formula is C13H15NO4. The number of carbonyl (C=O) groups excluding carboxylic acids is 1. The van der Waals surface area contributed by atoms with E-state index in [4.69, 9.17) is 9.47 Å². The Kier molecular flexibility index (Phi) is 2.43. The molecule has 3 rings (SSSR count). The van der Waals surface area contributed by atoms with Gasteiger partial charge < -0.3 is 14.0 Å². The van der Waals surface area contributed by atoms with Crippen molar-refractivity contribution >= 4 is 5.78 Å². The van der Waals surface area contributed by atoms with Crippen LogP contribution in [0.3, 0.4) is 0 Å². The maximum Gasteiger partial charge on any atom is 0.254 e. The molecule has 5 nitrogen and oxygen atoms in total. The molecule has 0 radical (unpaired) electrons. The predicted octanol–water partition coefficient (Wildman–Crippen LogP) is 0.963. The number of hydrogen-bond acceptors (Lipinski definition) is 4. The first kappa shape index (κ1) is 11.6. The number of nitrogens with zero attached hydrogens (tertiary/aromatic N) is 1. The molecule has 0 N–H and O–H groups in total. The van der Waals surface area contributed by atoms with Gasteiger partial charge in [-0.1, -0.05) is 0 Å². The molecule has 1 aromatic rings. The van der Waals surface area contributed by atoms with E-state index in [1.807, 2.05) is 0 Å². The molecule has 3 heterocycles. The highest BCUT2D eigenvalue weighted by atomic mass is 16.7. The van der Waals surface area contributed by atoms with Gasteiger partial charge in [-0.15, -0.1) is 0 Å². The van der Waals surface area contributed by atoms with Gasteiger partial charge in [-0.05, 0) is 19.9 Å². The number of ketones is 1. The third-order valence-corrected chi connectivity index (χ3v) is 3.72. The van der Waals surface area contributed by atoms with Gasteiger partial charge in [0.25, 0.3) is 5.56 Å². The Morgan fingerprint density at radius 2 is 1.94 bits per heavy atom. The first-order valence-electron chi connectivity index (χ1n) is 6.09. The topological polar surface area (TPSA) is 57.5 Å². The Labute approximate surface area is 104 Å². The maximum atomic E-state index is 12.2. The van der Waals surface area contributed by atoms with Crippen molar-refractivity contribution in [3.05, 3.63) is 33.2 Å². The first-order valence-corrected chi connectivity index (χ1v) is 6.09. The molecule has 0 aliphatic carbocycles. The third-order valence-electron chi connectivity index (χ3n) is 3.72. The molecule has 18 heavy (non-hydrogen) atoms. The second kappa shape index (κ2) is 3.76. The summed E-state index contributed by atoms with van der Waals surface area (Å²) >= 11 is 0. The molecule has 0 amide bonds. The van der Waals surface area contributed by atoms with Crippen molar-refractivity contribution in [3.63, 3.8) is 0 Å². The molecule has 0 saturated carbocycles. The van der Waals surface area contributed by atoms with Gasteiger partial charge in [0.2, 0.25) is 0 Å². The molecule has 0 unspecified atom stereocenters. The van der Waals surface area contributed by atoms with E-state index >= 15 is 0 Å². The lowest BCUT2D eigenvalue weighted by molar-refractivity contribution is -0.150. The lowest BCUT2D eigenvalue weighted by Gasteiger charge is -2.25. The van der Waals surface area contributed by atoms with Crippen molar-refractivity contribution in [2.75, 3.05) is 13.2 Å². The lowest BCUT2D eigenvalue weighted by atomic mass is 10.0. The fraction of sp³-hybridized carbons (Fsp3) is 0.538. The molecule has 0 spiro atoms. The molecule has 96 valence electrons. The maximum absolute atomic E-state index is 12.2. The normalized spacial score (nSPS) is 21.3. The van der Waals surface area contributed by atoms with Crippen LogP contribution in [0.25, 0.3) is 0 Å². The van der Waals surface area contributed by atoms with Gasteiger partial charge in [-0.2, -0.15) is 0 Å². The summed E-state index contributed by atoms with van der Waals surface area (Å²) in [5.41, 5.74) is 1.62. The van der Waals surface area contributed by atoms with Crippen molar-refractivity contribution < 1.29 is 14.3 Å². The minimum atomic E-state index is -0.901. The zero-order valence-corrected chi connectivity index (χ0v) is 10.5. The minimum absolute atomic E-state index is 0.00921. The molecule has 0 bridgehead atoms. The van der Waals surface area contributed by atoms with E-state index in [2.05, 4.69) is 0 Å². The van der Waals surface area contributed by atoms with Crippen molar-refractivity contribution in [2.45, 2.75) is 32.6 Å². The van der Waals surface area contributed by atoms with E-state index in [1.54, 1.807) is 24.5 Å². The lowest BCUT2D eigenvalue weighted by Crippen LogP contribution is -2.31. The van der Waals surface area contributed by atoms with Crippen LogP contribution >= 0.6 is 0 Å². The number of fused-ring (bicyclic) bond motifs is 1. The minimum Gasteiger partial charge on any atom is -0.344 e. The van der Waals surface area contributed by atoms with Crippen molar-refractivity contribution in [3.8, 4) is 0 Å². The average Bonchev–Trinajstić information content (AvgIpc) is 2.92. The van der Waals surface area contributed by atoms with E-state index < -0.39 is 5.79 Å². The Bertz CT molecular complexity index is 581. The Hall–Kier alpha value is -1.46. The Morgan fingerprint density at radius 3 is 2.61 bits per heavy atom. The van der Waals surface area contributed by atoms with Crippen LogP contribution in [-0.2, 0) is 21.8 Å². The van der Waals surface area contributed by atoms with Gasteiger partial charge in [0.05, 0.1) is 18.9 Å². The summed E-state index contributed by atoms with van der Waals surface area (Å²) in [6.07, 6.45) is 0.399. The van der Waals surface area contributed by atoms with E-state index in [9.17, 15) is 9.59 Å². The van der Waals surface area contributed by atoms with Crippen LogP contribution < -0.4 is 5.56 Å². The molecule has 5 heteroatoms. The van der Waals surface area contributed by atoms with Crippen LogP contribution in [0.4, 0.5) is 0 Å². The number of rotatable bonds is 1. The van der Waals surface area contributed by atoms with Crippen molar-refractivity contribution in [1.82, 2.24) is 4.57 Å². The van der Waals surface area contributed by atoms with Crippen molar-refractivity contribution in [2.24, 2.45) is 0 Å².